The molecule has 0 atom stereocenters. The quantitative estimate of drug-likeness (QED) is 0.852. The zero-order chi connectivity index (χ0) is 12.3. The number of nitrogens with zero attached hydrogens (tertiary/aromatic N) is 3. The molecule has 2 heterocycles. The maximum absolute atomic E-state index is 4.65. The molecule has 0 amide bonds. The number of halogens is 1. The highest BCUT2D eigenvalue weighted by atomic mass is 127. The van der Waals surface area contributed by atoms with Gasteiger partial charge in [-0.15, -0.1) is 0 Å². The van der Waals surface area contributed by atoms with Gasteiger partial charge < -0.3 is 10.2 Å². The van der Waals surface area contributed by atoms with Crippen LogP contribution in [0.2, 0.25) is 0 Å². The Hall–Kier alpha value is -0.590. The number of aromatic nitrogens is 2. The van der Waals surface area contributed by atoms with Gasteiger partial charge in [0.05, 0.1) is 9.26 Å². The van der Waals surface area contributed by atoms with E-state index < -0.39 is 0 Å². The highest BCUT2D eigenvalue weighted by Gasteiger charge is 2.17. The molecule has 0 spiro atoms. The lowest BCUT2D eigenvalue weighted by Crippen LogP contribution is -2.22. The number of nitrogens with one attached hydrogen (secondary N) is 1. The highest BCUT2D eigenvalue weighted by Crippen LogP contribution is 2.23. The van der Waals surface area contributed by atoms with Gasteiger partial charge in [-0.05, 0) is 48.8 Å². The SMILES string of the molecule is CCCNc1nc(N2CCCC2)nc(C)c1I. The van der Waals surface area contributed by atoms with Gasteiger partial charge in [0.25, 0.3) is 0 Å². The number of hydrogen-bond donors (Lipinski definition) is 1. The second-order valence-electron chi connectivity index (χ2n) is 4.39. The monoisotopic (exact) mass is 346 g/mol. The summed E-state index contributed by atoms with van der Waals surface area (Å²) in [4.78, 5) is 11.5. The smallest absolute Gasteiger partial charge is 0.227 e. The lowest BCUT2D eigenvalue weighted by Gasteiger charge is -2.18. The van der Waals surface area contributed by atoms with Crippen molar-refractivity contribution < 1.29 is 0 Å². The van der Waals surface area contributed by atoms with E-state index in [4.69, 9.17) is 0 Å². The van der Waals surface area contributed by atoms with Gasteiger partial charge in [-0.3, -0.25) is 0 Å². The molecule has 0 aliphatic carbocycles. The van der Waals surface area contributed by atoms with E-state index in [2.05, 4.69) is 56.6 Å². The van der Waals surface area contributed by atoms with Crippen LogP contribution in [0.1, 0.15) is 31.9 Å². The fourth-order valence-corrected chi connectivity index (χ4v) is 2.40. The first kappa shape index (κ1) is 12.9. The Morgan fingerprint density at radius 1 is 1.29 bits per heavy atom. The third kappa shape index (κ3) is 3.00. The van der Waals surface area contributed by atoms with Crippen molar-refractivity contribution in [3.63, 3.8) is 0 Å². The number of anilines is 2. The summed E-state index contributed by atoms with van der Waals surface area (Å²) in [5.41, 5.74) is 1.07. The molecule has 1 aliphatic rings. The van der Waals surface area contributed by atoms with E-state index in [1.54, 1.807) is 0 Å². The average molecular weight is 346 g/mol. The van der Waals surface area contributed by atoms with Crippen molar-refractivity contribution in [1.29, 1.82) is 0 Å². The molecule has 5 heteroatoms. The number of rotatable bonds is 4. The maximum atomic E-state index is 4.65. The van der Waals surface area contributed by atoms with Crippen LogP contribution >= 0.6 is 22.6 Å². The van der Waals surface area contributed by atoms with Crippen molar-refractivity contribution in [3.8, 4) is 0 Å². The van der Waals surface area contributed by atoms with Crippen molar-refractivity contribution in [2.45, 2.75) is 33.1 Å². The van der Waals surface area contributed by atoms with E-state index >= 15 is 0 Å². The molecule has 1 N–H and O–H groups in total. The Labute approximate surface area is 116 Å². The summed E-state index contributed by atoms with van der Waals surface area (Å²) >= 11 is 2.32. The Kier molecular flexibility index (Phi) is 4.42. The highest BCUT2D eigenvalue weighted by molar-refractivity contribution is 14.1. The lowest BCUT2D eigenvalue weighted by atomic mass is 10.4. The Balaban J connectivity index is 2.24. The van der Waals surface area contributed by atoms with Gasteiger partial charge in [0.15, 0.2) is 0 Å². The number of aryl methyl sites for hydroxylation is 1. The minimum absolute atomic E-state index is 0.888. The van der Waals surface area contributed by atoms with E-state index in [1.165, 1.54) is 12.8 Å². The van der Waals surface area contributed by atoms with Crippen molar-refractivity contribution in [1.82, 2.24) is 9.97 Å². The van der Waals surface area contributed by atoms with E-state index in [9.17, 15) is 0 Å². The Bertz CT molecular complexity index is 388. The zero-order valence-corrected chi connectivity index (χ0v) is 12.6. The van der Waals surface area contributed by atoms with E-state index in [0.29, 0.717) is 0 Å². The first-order valence-corrected chi connectivity index (χ1v) is 7.33. The molecule has 0 unspecified atom stereocenters. The van der Waals surface area contributed by atoms with Crippen molar-refractivity contribution >= 4 is 34.4 Å². The van der Waals surface area contributed by atoms with Crippen LogP contribution in [0, 0.1) is 10.5 Å². The van der Waals surface area contributed by atoms with Gasteiger partial charge in [-0.2, -0.15) is 4.98 Å². The van der Waals surface area contributed by atoms with Gasteiger partial charge in [-0.25, -0.2) is 4.98 Å². The predicted molar refractivity (Wildman–Crippen MR) is 79.7 cm³/mol. The van der Waals surface area contributed by atoms with Crippen LogP contribution in [0.25, 0.3) is 0 Å². The average Bonchev–Trinajstić information content (AvgIpc) is 2.84. The first-order valence-electron chi connectivity index (χ1n) is 6.25. The lowest BCUT2D eigenvalue weighted by molar-refractivity contribution is 0.879. The summed E-state index contributed by atoms with van der Waals surface area (Å²) in [5.74, 6) is 1.88. The minimum atomic E-state index is 0.888. The summed E-state index contributed by atoms with van der Waals surface area (Å²) in [6.07, 6.45) is 3.62. The van der Waals surface area contributed by atoms with Crippen LogP contribution in [-0.4, -0.2) is 29.6 Å². The molecule has 1 aliphatic heterocycles. The Morgan fingerprint density at radius 2 is 2.00 bits per heavy atom. The van der Waals surface area contributed by atoms with Crippen molar-refractivity contribution in [2.24, 2.45) is 0 Å². The molecular formula is C12H19IN4. The fourth-order valence-electron chi connectivity index (χ4n) is 1.96. The molecule has 0 bridgehead atoms. The Morgan fingerprint density at radius 3 is 2.65 bits per heavy atom. The molecule has 1 saturated heterocycles. The van der Waals surface area contributed by atoms with Gasteiger partial charge in [0.1, 0.15) is 5.82 Å². The molecule has 0 aromatic carbocycles. The largest absolute Gasteiger partial charge is 0.369 e. The zero-order valence-electron chi connectivity index (χ0n) is 10.5. The minimum Gasteiger partial charge on any atom is -0.369 e. The van der Waals surface area contributed by atoms with Crippen LogP contribution in [0.15, 0.2) is 0 Å². The first-order chi connectivity index (χ1) is 8.22. The molecule has 94 valence electrons. The molecule has 4 nitrogen and oxygen atoms in total. The van der Waals surface area contributed by atoms with Gasteiger partial charge in [0.2, 0.25) is 5.95 Å². The molecule has 2 rings (SSSR count). The fraction of sp³-hybridized carbons (Fsp3) is 0.667. The predicted octanol–water partition coefficient (Wildman–Crippen LogP) is 2.81. The summed E-state index contributed by atoms with van der Waals surface area (Å²) in [5, 5.41) is 3.38. The number of hydrogen-bond acceptors (Lipinski definition) is 4. The summed E-state index contributed by atoms with van der Waals surface area (Å²) in [7, 11) is 0. The van der Waals surface area contributed by atoms with Crippen molar-refractivity contribution in [3.05, 3.63) is 9.26 Å². The normalized spacial score (nSPS) is 15.4. The third-order valence-electron chi connectivity index (χ3n) is 2.94. The van der Waals surface area contributed by atoms with Crippen molar-refractivity contribution in [2.75, 3.05) is 29.9 Å². The van der Waals surface area contributed by atoms with Gasteiger partial charge in [0, 0.05) is 19.6 Å². The third-order valence-corrected chi connectivity index (χ3v) is 4.23. The second kappa shape index (κ2) is 5.84. The standard InChI is InChI=1S/C12H19IN4/c1-3-6-14-11-10(13)9(2)15-12(16-11)17-7-4-5-8-17/h3-8H2,1-2H3,(H,14,15,16). The molecule has 1 fully saturated rings. The van der Waals surface area contributed by atoms with Crippen LogP contribution < -0.4 is 10.2 Å². The maximum Gasteiger partial charge on any atom is 0.227 e. The van der Waals surface area contributed by atoms with E-state index in [1.807, 2.05) is 0 Å². The summed E-state index contributed by atoms with van der Waals surface area (Å²) in [6, 6.07) is 0. The molecule has 1 aromatic heterocycles. The molecule has 0 radical (unpaired) electrons. The van der Waals surface area contributed by atoms with Crippen LogP contribution in [0.5, 0.6) is 0 Å². The van der Waals surface area contributed by atoms with Gasteiger partial charge >= 0.3 is 0 Å². The van der Waals surface area contributed by atoms with E-state index in [-0.39, 0.29) is 0 Å². The molecule has 1 aromatic rings. The van der Waals surface area contributed by atoms with Crippen LogP contribution in [0.3, 0.4) is 0 Å². The molecular weight excluding hydrogens is 327 g/mol. The molecule has 0 saturated carbocycles. The van der Waals surface area contributed by atoms with Gasteiger partial charge in [-0.1, -0.05) is 6.92 Å². The summed E-state index contributed by atoms with van der Waals surface area (Å²) in [6.45, 7) is 7.36. The topological polar surface area (TPSA) is 41.1 Å². The van der Waals surface area contributed by atoms with Crippen LogP contribution in [-0.2, 0) is 0 Å². The summed E-state index contributed by atoms with van der Waals surface area (Å²) < 4.78 is 1.14. The van der Waals surface area contributed by atoms with Crippen LogP contribution in [0.4, 0.5) is 11.8 Å². The molecule has 17 heavy (non-hydrogen) atoms. The van der Waals surface area contributed by atoms with E-state index in [0.717, 1.165) is 47.1 Å². The second-order valence-corrected chi connectivity index (χ2v) is 5.47.